The number of hydrogen-bond donors (Lipinski definition) is 3. The molecule has 0 bridgehead atoms. The lowest BCUT2D eigenvalue weighted by atomic mass is 9.77. The number of thiophene rings is 1. The van der Waals surface area contributed by atoms with Crippen LogP contribution >= 0.6 is 19.7 Å². The fourth-order valence-electron chi connectivity index (χ4n) is 6.61. The van der Waals surface area contributed by atoms with Crippen LogP contribution in [0.15, 0.2) is 48.7 Å². The highest BCUT2D eigenvalue weighted by Crippen LogP contribution is 2.53. The van der Waals surface area contributed by atoms with Gasteiger partial charge in [0.1, 0.15) is 17.5 Å². The van der Waals surface area contributed by atoms with Crippen molar-refractivity contribution in [2.45, 2.75) is 55.4 Å². The van der Waals surface area contributed by atoms with Crippen LogP contribution < -0.4 is 5.32 Å². The van der Waals surface area contributed by atoms with Crippen molar-refractivity contribution < 1.29 is 37.7 Å². The van der Waals surface area contributed by atoms with E-state index < -0.39 is 48.9 Å². The van der Waals surface area contributed by atoms with Gasteiger partial charge in [0.2, 0.25) is 26.1 Å². The summed E-state index contributed by atoms with van der Waals surface area (Å²) < 4.78 is 29.0. The second-order valence-corrected chi connectivity index (χ2v) is 14.3. The first-order valence-electron chi connectivity index (χ1n) is 14.9. The fourth-order valence-corrected chi connectivity index (χ4v) is 7.92. The number of rotatable bonds is 6. The average molecular weight is 685 g/mol. The van der Waals surface area contributed by atoms with Gasteiger partial charge in [-0.2, -0.15) is 14.0 Å². The maximum atomic E-state index is 14.2. The van der Waals surface area contributed by atoms with Crippen molar-refractivity contribution in [1.29, 1.82) is 5.26 Å². The van der Waals surface area contributed by atoms with E-state index in [0.717, 1.165) is 23.5 Å². The van der Waals surface area contributed by atoms with Crippen molar-refractivity contribution in [3.8, 4) is 6.07 Å². The summed E-state index contributed by atoms with van der Waals surface area (Å²) >= 11 is 1.00. The van der Waals surface area contributed by atoms with Gasteiger partial charge in [0.15, 0.2) is 0 Å². The summed E-state index contributed by atoms with van der Waals surface area (Å²) in [5, 5.41) is 12.9. The quantitative estimate of drug-likeness (QED) is 0.334. The van der Waals surface area contributed by atoms with Crippen LogP contribution in [0.1, 0.15) is 47.1 Å². The standard InChI is InChI=1S/C31H31F2N6O6PS/c1-18(40)37-11-9-21-6-7-23(29(43)38-16-30(15-34,17-38)26-4-2-3-10-35-26)39(21)28(42)22(14-37)36-27(41)25-13-19-12-20(5-8-24(19)47-25)31(32,33)46(44)45/h2-5,8,10,12-13,21-23,44-45H,6-7,9,11,14,16-17H2,1H3,(H,36,41)/t21-,22+,23+/m1/s1. The van der Waals surface area contributed by atoms with E-state index in [4.69, 9.17) is 9.79 Å². The Kier molecular flexibility index (Phi) is 8.73. The molecule has 16 heteroatoms. The number of pyridine rings is 1. The van der Waals surface area contributed by atoms with Gasteiger partial charge in [-0.15, -0.1) is 11.3 Å². The molecule has 0 saturated carbocycles. The zero-order valence-electron chi connectivity index (χ0n) is 25.2. The fraction of sp³-hybridized carbons (Fsp3) is 0.419. The molecule has 0 aliphatic carbocycles. The van der Waals surface area contributed by atoms with Crippen LogP contribution in [0.3, 0.4) is 0 Å². The summed E-state index contributed by atoms with van der Waals surface area (Å²) in [6.07, 6.45) is 2.97. The van der Waals surface area contributed by atoms with Crippen LogP contribution in [-0.2, 0) is 25.5 Å². The molecule has 4 amide bonds. The minimum atomic E-state index is -3.86. The van der Waals surface area contributed by atoms with Gasteiger partial charge >= 0.3 is 5.66 Å². The highest BCUT2D eigenvalue weighted by Gasteiger charge is 2.53. The topological polar surface area (TPSA) is 167 Å². The summed E-state index contributed by atoms with van der Waals surface area (Å²) in [4.78, 5) is 81.2. The van der Waals surface area contributed by atoms with E-state index in [2.05, 4.69) is 16.4 Å². The monoisotopic (exact) mass is 684 g/mol. The number of aromatic nitrogens is 1. The summed E-state index contributed by atoms with van der Waals surface area (Å²) in [6.45, 7) is 1.84. The lowest BCUT2D eigenvalue weighted by molar-refractivity contribution is -0.152. The van der Waals surface area contributed by atoms with Gasteiger partial charge in [-0.05, 0) is 55.0 Å². The van der Waals surface area contributed by atoms with E-state index in [1.54, 1.807) is 29.3 Å². The van der Waals surface area contributed by atoms with Crippen LogP contribution in [0.5, 0.6) is 0 Å². The molecular formula is C31H31F2N6O6PS. The first-order chi connectivity index (χ1) is 22.3. The first-order valence-corrected chi connectivity index (χ1v) is 17.0. The molecule has 3 saturated heterocycles. The van der Waals surface area contributed by atoms with Crippen molar-refractivity contribution in [3.63, 3.8) is 0 Å². The Morgan fingerprint density at radius 3 is 2.55 bits per heavy atom. The molecule has 12 nitrogen and oxygen atoms in total. The van der Waals surface area contributed by atoms with Crippen LogP contribution in [0, 0.1) is 11.3 Å². The molecule has 0 radical (unpaired) electrons. The summed E-state index contributed by atoms with van der Waals surface area (Å²) in [5.74, 6) is -1.74. The molecule has 3 aliphatic heterocycles. The second-order valence-electron chi connectivity index (χ2n) is 12.1. The average Bonchev–Trinajstić information content (AvgIpc) is 3.65. The predicted molar refractivity (Wildman–Crippen MR) is 167 cm³/mol. The van der Waals surface area contributed by atoms with Crippen LogP contribution in [-0.4, -0.2) is 97.4 Å². The highest BCUT2D eigenvalue weighted by atomic mass is 32.1. The Bertz CT molecular complexity index is 1780. The van der Waals surface area contributed by atoms with Gasteiger partial charge in [0, 0.05) is 55.6 Å². The van der Waals surface area contributed by atoms with Gasteiger partial charge in [-0.25, -0.2) is 0 Å². The van der Waals surface area contributed by atoms with Gasteiger partial charge in [-0.3, -0.25) is 24.2 Å². The number of carbonyl (C=O) groups is 4. The highest BCUT2D eigenvalue weighted by molar-refractivity contribution is 7.46. The first kappa shape index (κ1) is 32.8. The van der Waals surface area contributed by atoms with Crippen molar-refractivity contribution in [1.82, 2.24) is 25.0 Å². The van der Waals surface area contributed by atoms with Gasteiger partial charge in [0.05, 0.1) is 16.6 Å². The normalized spacial score (nSPS) is 22.7. The minimum Gasteiger partial charge on any atom is -0.346 e. The number of halogens is 2. The Balaban J connectivity index is 1.22. The third-order valence-corrected chi connectivity index (χ3v) is 11.0. The van der Waals surface area contributed by atoms with Crippen molar-refractivity contribution in [3.05, 3.63) is 64.8 Å². The van der Waals surface area contributed by atoms with E-state index in [-0.39, 0.29) is 47.8 Å². The zero-order valence-corrected chi connectivity index (χ0v) is 26.9. The number of carbonyl (C=O) groups excluding carboxylic acids is 4. The SMILES string of the molecule is CC(=O)N1CC[C@H]2CC[C@@H](C(=O)N3CC(C#N)(c4ccccn4)C3)N2C(=O)[C@@H](NC(=O)c2cc3cc(C(F)(F)P(O)O)ccc3s2)C1. The molecule has 3 fully saturated rings. The van der Waals surface area contributed by atoms with E-state index in [9.17, 15) is 33.2 Å². The van der Waals surface area contributed by atoms with Crippen molar-refractivity contribution >= 4 is 53.4 Å². The Morgan fingerprint density at radius 1 is 1.13 bits per heavy atom. The Hall–Kier alpha value is -4.09. The molecule has 3 N–H and O–H groups in total. The number of hydrogen-bond acceptors (Lipinski definition) is 9. The van der Waals surface area contributed by atoms with Gasteiger partial charge in [0.25, 0.3) is 5.91 Å². The number of nitrogens with one attached hydrogen (secondary N) is 1. The molecular weight excluding hydrogens is 653 g/mol. The molecule has 47 heavy (non-hydrogen) atoms. The third kappa shape index (κ3) is 5.95. The summed E-state index contributed by atoms with van der Waals surface area (Å²) in [6, 6.07) is 10.1. The number of fused-ring (bicyclic) bond motifs is 2. The molecule has 0 unspecified atom stereocenters. The molecule has 3 atom stereocenters. The molecule has 5 heterocycles. The molecule has 246 valence electrons. The Morgan fingerprint density at radius 2 is 1.89 bits per heavy atom. The molecule has 3 aromatic rings. The van der Waals surface area contributed by atoms with Crippen LogP contribution in [0.25, 0.3) is 10.1 Å². The lowest BCUT2D eigenvalue weighted by Crippen LogP contribution is -2.66. The van der Waals surface area contributed by atoms with E-state index in [1.807, 2.05) is 0 Å². The van der Waals surface area contributed by atoms with Crippen molar-refractivity contribution in [2.75, 3.05) is 26.2 Å². The molecule has 1 aromatic carbocycles. The smallest absolute Gasteiger partial charge is 0.339 e. The van der Waals surface area contributed by atoms with Crippen LogP contribution in [0.2, 0.25) is 0 Å². The summed E-state index contributed by atoms with van der Waals surface area (Å²) in [7, 11) is -3.57. The summed E-state index contributed by atoms with van der Waals surface area (Å²) in [5.41, 5.74) is -4.83. The predicted octanol–water partition coefficient (Wildman–Crippen LogP) is 2.66. The molecule has 2 aromatic heterocycles. The number of likely N-dealkylation sites (tertiary alicyclic amines) is 1. The lowest BCUT2D eigenvalue weighted by Gasteiger charge is -2.47. The van der Waals surface area contributed by atoms with E-state index in [0.29, 0.717) is 36.2 Å². The third-order valence-electron chi connectivity index (χ3n) is 9.17. The number of nitrogens with zero attached hydrogens (tertiary/aromatic N) is 5. The van der Waals surface area contributed by atoms with E-state index in [1.165, 1.54) is 28.9 Å². The van der Waals surface area contributed by atoms with Crippen molar-refractivity contribution in [2.24, 2.45) is 0 Å². The number of alkyl halides is 2. The number of benzene rings is 1. The molecule has 3 aliphatic rings. The molecule has 0 spiro atoms. The van der Waals surface area contributed by atoms with Gasteiger partial charge < -0.3 is 29.8 Å². The maximum Gasteiger partial charge on any atom is 0.339 e. The van der Waals surface area contributed by atoms with Gasteiger partial charge in [-0.1, -0.05) is 12.1 Å². The molecule has 6 rings (SSSR count). The van der Waals surface area contributed by atoms with Crippen LogP contribution in [0.4, 0.5) is 8.78 Å². The van der Waals surface area contributed by atoms with E-state index >= 15 is 0 Å². The number of amides is 4. The zero-order chi connectivity index (χ0) is 33.7. The maximum absolute atomic E-state index is 14.2. The Labute approximate surface area is 273 Å². The number of nitriles is 1. The second kappa shape index (κ2) is 12.5. The largest absolute Gasteiger partial charge is 0.346 e. The minimum absolute atomic E-state index is 0.119.